The van der Waals surface area contributed by atoms with Crippen molar-refractivity contribution in [2.24, 2.45) is 0 Å². The predicted octanol–water partition coefficient (Wildman–Crippen LogP) is 2.32. The molecule has 0 bridgehead atoms. The van der Waals surface area contributed by atoms with Gasteiger partial charge in [-0.3, -0.25) is 14.9 Å². The lowest BCUT2D eigenvalue weighted by atomic mass is 10.0. The molecule has 0 radical (unpaired) electrons. The minimum atomic E-state index is -1.13. The quantitative estimate of drug-likeness (QED) is 0.226. The number of nitro benzene ring substituents is 1. The molecule has 0 heterocycles. The molecule has 0 spiro atoms. The number of aliphatic hydroxyl groups is 2. The van der Waals surface area contributed by atoms with Crippen molar-refractivity contribution >= 4 is 20.8 Å². The molecule has 7 nitrogen and oxygen atoms in total. The highest BCUT2D eigenvalue weighted by molar-refractivity contribution is 7.16. The van der Waals surface area contributed by atoms with Gasteiger partial charge in [-0.1, -0.05) is 19.3 Å². The molecule has 3 atom stereocenters. The molecule has 1 unspecified atom stereocenters. The van der Waals surface area contributed by atoms with Gasteiger partial charge in [-0.2, -0.15) is 0 Å². The topological polar surface area (TPSA) is 113 Å². The summed E-state index contributed by atoms with van der Waals surface area (Å²) in [5.74, 6) is -0.217. The first-order valence-corrected chi connectivity index (χ1v) is 9.34. The molecule has 0 aromatic heterocycles. The van der Waals surface area contributed by atoms with E-state index < -0.39 is 23.7 Å². The molecule has 0 aliphatic carbocycles. The minimum Gasteiger partial charge on any atom is -0.394 e. The van der Waals surface area contributed by atoms with Crippen molar-refractivity contribution in [3.05, 3.63) is 39.9 Å². The van der Waals surface area contributed by atoms with Crippen LogP contribution in [-0.4, -0.2) is 39.9 Å². The van der Waals surface area contributed by atoms with Crippen LogP contribution < -0.4 is 5.32 Å². The first-order chi connectivity index (χ1) is 12.0. The van der Waals surface area contributed by atoms with E-state index in [4.69, 9.17) is 0 Å². The Morgan fingerprint density at radius 3 is 2.32 bits per heavy atom. The number of amides is 1. The van der Waals surface area contributed by atoms with Gasteiger partial charge in [0.1, 0.15) is 6.10 Å². The van der Waals surface area contributed by atoms with Crippen LogP contribution in [0, 0.1) is 10.1 Å². The van der Waals surface area contributed by atoms with Crippen LogP contribution in [0.4, 0.5) is 5.69 Å². The molecule has 0 fully saturated rings. The van der Waals surface area contributed by atoms with Crippen LogP contribution in [0.2, 0.25) is 0 Å². The Hall–Kier alpha value is -1.56. The fraction of sp³-hybridized carbons (Fsp3) is 0.588. The summed E-state index contributed by atoms with van der Waals surface area (Å²) in [6.45, 7) is -0.419. The van der Waals surface area contributed by atoms with Crippen molar-refractivity contribution in [3.63, 3.8) is 0 Å². The first kappa shape index (κ1) is 21.5. The van der Waals surface area contributed by atoms with E-state index in [0.717, 1.165) is 31.8 Å². The monoisotopic (exact) mass is 370 g/mol. The molecule has 8 heteroatoms. The molecule has 25 heavy (non-hydrogen) atoms. The van der Waals surface area contributed by atoms with E-state index in [1.165, 1.54) is 30.7 Å². The smallest absolute Gasteiger partial charge is 0.269 e. The average molecular weight is 370 g/mol. The summed E-state index contributed by atoms with van der Waals surface area (Å²) in [5, 5.41) is 33.0. The Kier molecular flexibility index (Phi) is 10.2. The molecule has 1 amide bonds. The number of nitrogens with one attached hydrogen (secondary N) is 1. The second-order valence-corrected chi connectivity index (χ2v) is 6.53. The van der Waals surface area contributed by atoms with E-state index >= 15 is 0 Å². The highest BCUT2D eigenvalue weighted by Gasteiger charge is 2.22. The lowest BCUT2D eigenvalue weighted by Crippen LogP contribution is -2.41. The van der Waals surface area contributed by atoms with Gasteiger partial charge in [-0.05, 0) is 36.7 Å². The summed E-state index contributed by atoms with van der Waals surface area (Å²) < 4.78 is 0. The molecule has 3 N–H and O–H groups in total. The summed E-state index contributed by atoms with van der Waals surface area (Å²) >= 11 is 0. The number of nitro groups is 1. The number of unbranched alkanes of at least 4 members (excludes halogenated alkanes) is 4. The fourth-order valence-corrected chi connectivity index (χ4v) is 2.78. The molecule has 0 saturated carbocycles. The van der Waals surface area contributed by atoms with Gasteiger partial charge in [0.15, 0.2) is 0 Å². The van der Waals surface area contributed by atoms with Crippen molar-refractivity contribution < 1.29 is 19.9 Å². The molecule has 0 aliphatic rings. The van der Waals surface area contributed by atoms with Gasteiger partial charge < -0.3 is 15.5 Å². The van der Waals surface area contributed by atoms with Crippen LogP contribution in [0.3, 0.4) is 0 Å². The van der Waals surface area contributed by atoms with Gasteiger partial charge in [0.25, 0.3) is 5.69 Å². The fourth-order valence-electron chi connectivity index (χ4n) is 2.49. The Balaban J connectivity index is 2.45. The third-order valence-electron chi connectivity index (χ3n) is 3.98. The minimum absolute atomic E-state index is 0.0813. The van der Waals surface area contributed by atoms with Crippen LogP contribution in [0.5, 0.6) is 0 Å². The number of carbonyl (C=O) groups is 1. The maximum atomic E-state index is 12.0. The van der Waals surface area contributed by atoms with Crippen LogP contribution in [-0.2, 0) is 4.79 Å². The van der Waals surface area contributed by atoms with Gasteiger partial charge in [0.05, 0.1) is 17.6 Å². The number of rotatable bonds is 12. The zero-order chi connectivity index (χ0) is 18.7. The predicted molar refractivity (Wildman–Crippen MR) is 99.4 cm³/mol. The second kappa shape index (κ2) is 11.9. The van der Waals surface area contributed by atoms with Crippen LogP contribution in [0.25, 0.3) is 0 Å². The molecular weight excluding hydrogens is 343 g/mol. The SMILES string of the molecule is O=C(CCCCCCCP)N[C@H](CO)[C@H](O)c1ccc([N+](=O)[O-])cc1. The third-order valence-corrected chi connectivity index (χ3v) is 4.39. The van der Waals surface area contributed by atoms with Crippen molar-refractivity contribution in [1.29, 1.82) is 0 Å². The Labute approximate surface area is 150 Å². The van der Waals surface area contributed by atoms with Crippen LogP contribution >= 0.6 is 9.24 Å². The summed E-state index contributed by atoms with van der Waals surface area (Å²) in [5.41, 5.74) is 0.324. The van der Waals surface area contributed by atoms with Gasteiger partial charge in [-0.15, -0.1) is 9.24 Å². The largest absolute Gasteiger partial charge is 0.394 e. The van der Waals surface area contributed by atoms with Gasteiger partial charge in [0.2, 0.25) is 5.91 Å². The van der Waals surface area contributed by atoms with Gasteiger partial charge in [-0.25, -0.2) is 0 Å². The van der Waals surface area contributed by atoms with Crippen LogP contribution in [0.15, 0.2) is 24.3 Å². The second-order valence-electron chi connectivity index (χ2n) is 5.96. The van der Waals surface area contributed by atoms with E-state index in [1.54, 1.807) is 0 Å². The summed E-state index contributed by atoms with van der Waals surface area (Å²) in [4.78, 5) is 22.1. The lowest BCUT2D eigenvalue weighted by Gasteiger charge is -2.22. The molecule has 1 aromatic carbocycles. The molecule has 1 aromatic rings. The van der Waals surface area contributed by atoms with E-state index in [2.05, 4.69) is 14.6 Å². The molecule has 140 valence electrons. The number of nitrogens with zero attached hydrogens (tertiary/aromatic N) is 1. The highest BCUT2D eigenvalue weighted by Crippen LogP contribution is 2.20. The molecule has 0 aliphatic heterocycles. The lowest BCUT2D eigenvalue weighted by molar-refractivity contribution is -0.384. The van der Waals surface area contributed by atoms with Gasteiger partial charge >= 0.3 is 0 Å². The average Bonchev–Trinajstić information content (AvgIpc) is 2.62. The summed E-state index contributed by atoms with van der Waals surface area (Å²) in [6, 6.07) is 4.56. The zero-order valence-electron chi connectivity index (χ0n) is 14.3. The van der Waals surface area contributed by atoms with E-state index in [1.807, 2.05) is 0 Å². The van der Waals surface area contributed by atoms with Crippen molar-refractivity contribution in [2.75, 3.05) is 12.8 Å². The normalized spacial score (nSPS) is 13.2. The maximum absolute atomic E-state index is 12.0. The number of non-ortho nitro benzene ring substituents is 1. The van der Waals surface area contributed by atoms with Crippen molar-refractivity contribution in [2.45, 2.75) is 50.7 Å². The van der Waals surface area contributed by atoms with Crippen LogP contribution in [0.1, 0.15) is 50.2 Å². The summed E-state index contributed by atoms with van der Waals surface area (Å²) in [6.07, 6.45) is 5.49. The summed E-state index contributed by atoms with van der Waals surface area (Å²) in [7, 11) is 2.70. The molecule has 0 saturated heterocycles. The van der Waals surface area contributed by atoms with Crippen molar-refractivity contribution in [3.8, 4) is 0 Å². The molecule has 1 rings (SSSR count). The number of hydrogen-bond donors (Lipinski definition) is 3. The third kappa shape index (κ3) is 7.90. The van der Waals surface area contributed by atoms with E-state index in [-0.39, 0.29) is 11.6 Å². The maximum Gasteiger partial charge on any atom is 0.269 e. The number of aliphatic hydroxyl groups excluding tert-OH is 2. The van der Waals surface area contributed by atoms with Crippen molar-refractivity contribution in [1.82, 2.24) is 5.32 Å². The number of benzene rings is 1. The number of carbonyl (C=O) groups excluding carboxylic acids is 1. The number of hydrogen-bond acceptors (Lipinski definition) is 5. The Morgan fingerprint density at radius 2 is 1.76 bits per heavy atom. The van der Waals surface area contributed by atoms with E-state index in [9.17, 15) is 25.1 Å². The highest BCUT2D eigenvalue weighted by atomic mass is 31.0. The van der Waals surface area contributed by atoms with E-state index in [0.29, 0.717) is 12.0 Å². The zero-order valence-corrected chi connectivity index (χ0v) is 15.4. The standard InChI is InChI=1S/C17H27N2O5P/c20-12-15(18-16(21)6-4-2-1-3-5-11-25)17(22)13-7-9-14(10-8-13)19(23)24/h7-10,15,17,20,22H,1-6,11-12,25H2,(H,18,21)/t15-,17-/m1/s1. The molecular formula is C17H27N2O5P. The Bertz CT molecular complexity index is 538. The van der Waals surface area contributed by atoms with Gasteiger partial charge in [0, 0.05) is 18.6 Å². The Morgan fingerprint density at radius 1 is 1.16 bits per heavy atom. The first-order valence-electron chi connectivity index (χ1n) is 8.52.